The zero-order valence-corrected chi connectivity index (χ0v) is 8.55. The van der Waals surface area contributed by atoms with E-state index in [1.807, 2.05) is 0 Å². The quantitative estimate of drug-likeness (QED) is 0.556. The van der Waals surface area contributed by atoms with E-state index in [0.29, 0.717) is 0 Å². The molecule has 0 aliphatic carbocycles. The summed E-state index contributed by atoms with van der Waals surface area (Å²) in [5.41, 5.74) is -1.70. The highest BCUT2D eigenvalue weighted by molar-refractivity contribution is 9.10. The zero-order valence-electron chi connectivity index (χ0n) is 6.97. The minimum atomic E-state index is -1.66. The number of carbonyl (C=O) groups is 1. The predicted molar refractivity (Wildman–Crippen MR) is 51.1 cm³/mol. The van der Waals surface area contributed by atoms with Crippen molar-refractivity contribution in [2.75, 3.05) is 0 Å². The van der Waals surface area contributed by atoms with Gasteiger partial charge in [0.25, 0.3) is 0 Å². The molecule has 0 aliphatic heterocycles. The van der Waals surface area contributed by atoms with Gasteiger partial charge in [0, 0.05) is 6.07 Å². The molecule has 0 radical (unpaired) electrons. The van der Waals surface area contributed by atoms with Gasteiger partial charge in [0.2, 0.25) is 5.75 Å². The lowest BCUT2D eigenvalue weighted by molar-refractivity contribution is -0.386. The predicted octanol–water partition coefficient (Wildman–Crippen LogP) is 1.47. The summed E-state index contributed by atoms with van der Waals surface area (Å²) in [7, 11) is 0. The molecule has 7 nitrogen and oxygen atoms in total. The Morgan fingerprint density at radius 3 is 2.33 bits per heavy atom. The lowest BCUT2D eigenvalue weighted by Gasteiger charge is -2.04. The van der Waals surface area contributed by atoms with Crippen LogP contribution >= 0.6 is 15.9 Å². The highest BCUT2D eigenvalue weighted by atomic mass is 79.9. The number of hydrogen-bond acceptors (Lipinski definition) is 5. The Bertz CT molecular complexity index is 457. The van der Waals surface area contributed by atoms with Crippen LogP contribution in [0.5, 0.6) is 11.5 Å². The van der Waals surface area contributed by atoms with E-state index in [4.69, 9.17) is 5.11 Å². The van der Waals surface area contributed by atoms with E-state index >= 15 is 0 Å². The molecular weight excluding hydrogens is 274 g/mol. The van der Waals surface area contributed by atoms with Gasteiger partial charge in [0.15, 0.2) is 5.56 Å². The van der Waals surface area contributed by atoms with Crippen LogP contribution in [0.4, 0.5) is 5.69 Å². The number of rotatable bonds is 2. The topological polar surface area (TPSA) is 121 Å². The van der Waals surface area contributed by atoms with Crippen LogP contribution in [0.3, 0.4) is 0 Å². The van der Waals surface area contributed by atoms with Gasteiger partial charge >= 0.3 is 11.7 Å². The second kappa shape index (κ2) is 3.73. The fraction of sp³-hybridized carbons (Fsp3) is 0. The first kappa shape index (κ1) is 11.2. The first-order valence-corrected chi connectivity index (χ1v) is 4.27. The van der Waals surface area contributed by atoms with Gasteiger partial charge in [0.1, 0.15) is 5.75 Å². The lowest BCUT2D eigenvalue weighted by atomic mass is 10.1. The molecule has 0 fully saturated rings. The number of halogens is 1. The van der Waals surface area contributed by atoms with Crippen molar-refractivity contribution in [3.63, 3.8) is 0 Å². The van der Waals surface area contributed by atoms with E-state index < -0.39 is 33.6 Å². The molecule has 0 aliphatic rings. The maximum absolute atomic E-state index is 10.6. The van der Waals surface area contributed by atoms with Crippen molar-refractivity contribution in [3.05, 3.63) is 26.2 Å². The monoisotopic (exact) mass is 277 g/mol. The van der Waals surface area contributed by atoms with Crippen LogP contribution in [0.2, 0.25) is 0 Å². The number of nitrogens with zero attached hydrogens (tertiary/aromatic N) is 1. The average Bonchev–Trinajstić information content (AvgIpc) is 2.10. The fourth-order valence-corrected chi connectivity index (χ4v) is 1.37. The number of phenols is 2. The molecule has 15 heavy (non-hydrogen) atoms. The largest absolute Gasteiger partial charge is 0.506 e. The molecule has 0 heterocycles. The number of nitro benzene ring substituents is 1. The van der Waals surface area contributed by atoms with Crippen molar-refractivity contribution in [3.8, 4) is 11.5 Å². The van der Waals surface area contributed by atoms with E-state index in [0.717, 1.165) is 6.07 Å². The normalized spacial score (nSPS) is 9.93. The van der Waals surface area contributed by atoms with Crippen molar-refractivity contribution in [2.45, 2.75) is 0 Å². The highest BCUT2D eigenvalue weighted by Crippen LogP contribution is 2.41. The first-order chi connectivity index (χ1) is 6.86. The van der Waals surface area contributed by atoms with Crippen molar-refractivity contribution >= 4 is 27.6 Å². The highest BCUT2D eigenvalue weighted by Gasteiger charge is 2.27. The molecule has 0 atom stereocenters. The minimum absolute atomic E-state index is 0.176. The van der Waals surface area contributed by atoms with Gasteiger partial charge in [-0.25, -0.2) is 4.79 Å². The van der Waals surface area contributed by atoms with Crippen LogP contribution in [-0.4, -0.2) is 26.2 Å². The van der Waals surface area contributed by atoms with Crippen LogP contribution in [0.25, 0.3) is 0 Å². The van der Waals surface area contributed by atoms with Crippen molar-refractivity contribution in [2.24, 2.45) is 0 Å². The van der Waals surface area contributed by atoms with Gasteiger partial charge in [-0.3, -0.25) is 10.1 Å². The number of aromatic carboxylic acids is 1. The van der Waals surface area contributed by atoms with Gasteiger partial charge in [-0.15, -0.1) is 0 Å². The van der Waals surface area contributed by atoms with Gasteiger partial charge in [0.05, 0.1) is 9.40 Å². The van der Waals surface area contributed by atoms with Gasteiger partial charge in [-0.1, -0.05) is 0 Å². The molecule has 0 aromatic heterocycles. The van der Waals surface area contributed by atoms with Crippen molar-refractivity contribution < 1.29 is 25.0 Å². The summed E-state index contributed by atoms with van der Waals surface area (Å²) < 4.78 is -0.176. The average molecular weight is 278 g/mol. The Kier molecular flexibility index (Phi) is 2.80. The smallest absolute Gasteiger partial charge is 0.343 e. The molecule has 3 N–H and O–H groups in total. The zero-order chi connectivity index (χ0) is 11.7. The summed E-state index contributed by atoms with van der Waals surface area (Å²) in [5.74, 6) is -3.49. The summed E-state index contributed by atoms with van der Waals surface area (Å²) in [5, 5.41) is 37.5. The summed E-state index contributed by atoms with van der Waals surface area (Å²) in [6.45, 7) is 0. The second-order valence-corrected chi connectivity index (χ2v) is 3.37. The number of aromatic hydroxyl groups is 2. The number of benzene rings is 1. The molecule has 1 aromatic carbocycles. The van der Waals surface area contributed by atoms with E-state index in [1.165, 1.54) is 0 Å². The lowest BCUT2D eigenvalue weighted by Crippen LogP contribution is -2.00. The third kappa shape index (κ3) is 1.84. The van der Waals surface area contributed by atoms with Crippen molar-refractivity contribution in [1.82, 2.24) is 0 Å². The molecule has 0 unspecified atom stereocenters. The van der Waals surface area contributed by atoms with E-state index in [1.54, 1.807) is 0 Å². The standard InChI is InChI=1S/C7H4BrNO6/c8-2-1-3(9(14)15)6(11)4(5(2)10)7(12)13/h1,10-11H,(H,12,13). The maximum atomic E-state index is 10.6. The molecule has 0 saturated carbocycles. The van der Waals surface area contributed by atoms with Crippen molar-refractivity contribution in [1.29, 1.82) is 0 Å². The number of carboxylic acids is 1. The Hall–Kier alpha value is -1.83. The molecule has 80 valence electrons. The molecule has 0 amide bonds. The van der Waals surface area contributed by atoms with Gasteiger partial charge in [-0.2, -0.15) is 0 Å². The Morgan fingerprint density at radius 1 is 1.40 bits per heavy atom. The third-order valence-electron chi connectivity index (χ3n) is 1.62. The van der Waals surface area contributed by atoms with Crippen LogP contribution in [0, 0.1) is 10.1 Å². The minimum Gasteiger partial charge on any atom is -0.506 e. The Balaban J connectivity index is 3.63. The van der Waals surface area contributed by atoms with E-state index in [9.17, 15) is 25.1 Å². The second-order valence-electron chi connectivity index (χ2n) is 2.51. The molecule has 1 aromatic rings. The van der Waals surface area contributed by atoms with Gasteiger partial charge in [-0.05, 0) is 15.9 Å². The van der Waals surface area contributed by atoms with E-state index in [-0.39, 0.29) is 4.47 Å². The number of hydrogen-bond donors (Lipinski definition) is 3. The van der Waals surface area contributed by atoms with Crippen LogP contribution in [0.15, 0.2) is 10.5 Å². The van der Waals surface area contributed by atoms with Crippen LogP contribution < -0.4 is 0 Å². The summed E-state index contributed by atoms with van der Waals surface area (Å²) in [6.07, 6.45) is 0. The Morgan fingerprint density at radius 2 is 1.93 bits per heavy atom. The number of carboxylic acid groups (broad SMARTS) is 1. The SMILES string of the molecule is O=C(O)c1c(O)c(Br)cc([N+](=O)[O-])c1O. The maximum Gasteiger partial charge on any atom is 0.343 e. The van der Waals surface area contributed by atoms with Gasteiger partial charge < -0.3 is 15.3 Å². The molecule has 8 heteroatoms. The fourth-order valence-electron chi connectivity index (χ4n) is 0.958. The summed E-state index contributed by atoms with van der Waals surface area (Å²) in [4.78, 5) is 20.1. The molecule has 0 spiro atoms. The Labute approximate surface area is 90.9 Å². The van der Waals surface area contributed by atoms with Crippen LogP contribution in [0.1, 0.15) is 10.4 Å². The number of nitro groups is 1. The third-order valence-corrected chi connectivity index (χ3v) is 2.22. The summed E-state index contributed by atoms with van der Waals surface area (Å²) >= 11 is 2.74. The summed E-state index contributed by atoms with van der Waals surface area (Å²) in [6, 6.07) is 0.817. The molecule has 0 bridgehead atoms. The molecule has 0 saturated heterocycles. The molecular formula is C7H4BrNO6. The van der Waals surface area contributed by atoms with E-state index in [2.05, 4.69) is 15.9 Å². The van der Waals surface area contributed by atoms with Crippen LogP contribution in [-0.2, 0) is 0 Å². The molecule has 1 rings (SSSR count). The first-order valence-electron chi connectivity index (χ1n) is 3.48.